The minimum atomic E-state index is -8.43. The van der Waals surface area contributed by atoms with E-state index in [9.17, 15) is 159 Å². The first-order valence-electron chi connectivity index (χ1n) is 15.0. The van der Waals surface area contributed by atoms with Crippen LogP contribution in [-0.4, -0.2) is 135 Å². The summed E-state index contributed by atoms with van der Waals surface area (Å²) in [6.07, 6.45) is -84.6. The quantitative estimate of drug-likeness (QED) is 0.0632. The number of carbonyl (C=O) groups excluding carboxylic acids is 2. The maximum Gasteiger partial charge on any atom is 0.462 e. The normalized spacial score (nSPS) is 19.1. The van der Waals surface area contributed by atoms with Crippen LogP contribution >= 0.6 is 0 Å². The molecule has 0 aliphatic rings. The summed E-state index contributed by atoms with van der Waals surface area (Å²) in [5.74, 6) is -56.3. The van der Waals surface area contributed by atoms with Crippen LogP contribution in [0.15, 0.2) is 0 Å². The molecule has 0 aromatic heterocycles. The van der Waals surface area contributed by atoms with Crippen LogP contribution in [0.1, 0.15) is 13.3 Å². The molecule has 400 valence electrons. The Balaban J connectivity index is 6.21. The van der Waals surface area contributed by atoms with Gasteiger partial charge in [0.25, 0.3) is 0 Å². The summed E-state index contributed by atoms with van der Waals surface area (Å²) < 4.78 is 466. The Morgan fingerprint density at radius 3 is 0.896 bits per heavy atom. The Kier molecular flexibility index (Phi) is 17.6. The first kappa shape index (κ1) is 63.4. The molecule has 0 N–H and O–H groups in total. The zero-order valence-electron chi connectivity index (χ0n) is 29.9. The maximum atomic E-state index is 14.6. The van der Waals surface area contributed by atoms with Gasteiger partial charge in [-0.15, -0.1) is 0 Å². The van der Waals surface area contributed by atoms with E-state index in [1.807, 2.05) is 0 Å². The zero-order chi connectivity index (χ0) is 54.5. The monoisotopic (exact) mass is 1090 g/mol. The Bertz CT molecular complexity index is 1700. The number of alkyl halides is 34. The van der Waals surface area contributed by atoms with E-state index in [0.717, 1.165) is 0 Å². The fourth-order valence-corrected chi connectivity index (χ4v) is 3.23. The van der Waals surface area contributed by atoms with Crippen molar-refractivity contribution < 1.29 is 192 Å². The smallest absolute Gasteiger partial charge is 0.461 e. The highest BCUT2D eigenvalue weighted by atomic mass is 19.5. The summed E-state index contributed by atoms with van der Waals surface area (Å²) in [7, 11) is 0. The molecule has 0 spiro atoms. The van der Waals surface area contributed by atoms with E-state index in [4.69, 9.17) is 0 Å². The van der Waals surface area contributed by atoms with Crippen LogP contribution in [-0.2, 0) is 42.7 Å². The van der Waals surface area contributed by atoms with E-state index < -0.39 is 141 Å². The molecule has 0 rings (SSSR count). The average Bonchev–Trinajstić information content (AvgIpc) is 3.06. The summed E-state index contributed by atoms with van der Waals surface area (Å²) >= 11 is 0. The molecule has 0 saturated carbocycles. The molecular formula is C24H12F34O9. The minimum absolute atomic E-state index is 0.279. The van der Waals surface area contributed by atoms with E-state index in [1.165, 1.54) is 9.47 Å². The SMILES string of the molecule is CC(COC(=O)C(F)(OC(F)(F)C(F)(OC(F)(F)C(F)(F)C(F)(F)F)C(F)(F)F)C(F)(F)F)OCCCOC(=O)C(F)(OC(F)(F)C(F)(OC(F)(F)C(F)(F)C(F)(F)F)C(F)(F)F)C(F)(F)F. The highest BCUT2D eigenvalue weighted by Crippen LogP contribution is 2.59. The first-order chi connectivity index (χ1) is 28.8. The van der Waals surface area contributed by atoms with Gasteiger partial charge in [-0.2, -0.15) is 149 Å². The predicted molar refractivity (Wildman–Crippen MR) is 128 cm³/mol. The Morgan fingerprint density at radius 1 is 0.358 bits per heavy atom. The summed E-state index contributed by atoms with van der Waals surface area (Å²) in [6, 6.07) is 0. The van der Waals surface area contributed by atoms with Gasteiger partial charge in [0.2, 0.25) is 0 Å². The highest BCUT2D eigenvalue weighted by Gasteiger charge is 2.87. The van der Waals surface area contributed by atoms with Gasteiger partial charge in [0.1, 0.15) is 6.61 Å². The second-order valence-corrected chi connectivity index (χ2v) is 11.8. The predicted octanol–water partition coefficient (Wildman–Crippen LogP) is 10.6. The number of rotatable bonds is 21. The van der Waals surface area contributed by atoms with Gasteiger partial charge >= 0.3 is 109 Å². The van der Waals surface area contributed by atoms with Crippen molar-refractivity contribution in [3.05, 3.63) is 0 Å². The van der Waals surface area contributed by atoms with E-state index in [0.29, 0.717) is 0 Å². The van der Waals surface area contributed by atoms with Crippen molar-refractivity contribution in [3.8, 4) is 0 Å². The molecule has 5 atom stereocenters. The summed E-state index contributed by atoms with van der Waals surface area (Å²) in [4.78, 5) is 23.3. The molecule has 0 saturated heterocycles. The Labute approximate surface area is 341 Å². The average molecular weight is 1090 g/mol. The number of carbonyl (C=O) groups is 2. The largest absolute Gasteiger partial charge is 0.462 e. The molecule has 67 heavy (non-hydrogen) atoms. The maximum absolute atomic E-state index is 14.6. The molecule has 43 heteroatoms. The summed E-state index contributed by atoms with van der Waals surface area (Å²) in [5.41, 5.74) is 0. The number of halogens is 34. The molecule has 0 aromatic carbocycles. The molecular weight excluding hydrogens is 1080 g/mol. The van der Waals surface area contributed by atoms with Gasteiger partial charge in [0.15, 0.2) is 0 Å². The van der Waals surface area contributed by atoms with Gasteiger partial charge in [-0.3, -0.25) is 18.9 Å². The molecule has 0 heterocycles. The molecule has 0 aromatic rings. The molecule has 9 nitrogen and oxygen atoms in total. The number of esters is 2. The van der Waals surface area contributed by atoms with Crippen LogP contribution in [0.3, 0.4) is 0 Å². The van der Waals surface area contributed by atoms with Crippen LogP contribution in [0.2, 0.25) is 0 Å². The Hall–Kier alpha value is -3.64. The van der Waals surface area contributed by atoms with Gasteiger partial charge in [-0.25, -0.2) is 9.59 Å². The summed E-state index contributed by atoms with van der Waals surface area (Å²) in [5, 5.41) is 0. The van der Waals surface area contributed by atoms with Crippen molar-refractivity contribution in [2.45, 2.75) is 116 Å². The molecule has 0 aliphatic carbocycles. The Morgan fingerprint density at radius 2 is 0.642 bits per heavy atom. The second kappa shape index (κ2) is 18.6. The zero-order valence-corrected chi connectivity index (χ0v) is 29.9. The van der Waals surface area contributed by atoms with Gasteiger partial charge < -0.3 is 14.2 Å². The number of hydrogen-bond donors (Lipinski definition) is 0. The van der Waals surface area contributed by atoms with Crippen LogP contribution in [0.5, 0.6) is 0 Å². The van der Waals surface area contributed by atoms with Gasteiger partial charge in [0, 0.05) is 6.42 Å². The lowest BCUT2D eigenvalue weighted by molar-refractivity contribution is -0.548. The standard InChI is InChI=1S/C24H12F34O9/c1-6(5-63-8(60)10(26,16(36,37)38)65-24(57,58)14(32,20(48,49)50)67-22(53,54)12(29,30)18(42,43)44)61-3-2-4-62-7(59)9(25,15(33,34)35)64-23(55,56)13(31,19(45,46)47)66-21(51,52)11(27,28)17(39,40)41/h6H,2-5H2,1H3. The van der Waals surface area contributed by atoms with Crippen molar-refractivity contribution in [1.29, 1.82) is 0 Å². The van der Waals surface area contributed by atoms with Crippen LogP contribution in [0, 0.1) is 0 Å². The lowest BCUT2D eigenvalue weighted by atomic mass is 10.2. The van der Waals surface area contributed by atoms with Crippen molar-refractivity contribution in [3.63, 3.8) is 0 Å². The number of ether oxygens (including phenoxy) is 7. The topological polar surface area (TPSA) is 98.8 Å². The van der Waals surface area contributed by atoms with Gasteiger partial charge in [-0.05, 0) is 6.92 Å². The molecule has 0 fully saturated rings. The highest BCUT2D eigenvalue weighted by molar-refractivity contribution is 5.79. The molecule has 0 radical (unpaired) electrons. The minimum Gasteiger partial charge on any atom is -0.461 e. The van der Waals surface area contributed by atoms with E-state index >= 15 is 0 Å². The lowest BCUT2D eigenvalue weighted by Crippen LogP contribution is -2.68. The molecule has 0 bridgehead atoms. The van der Waals surface area contributed by atoms with Crippen molar-refractivity contribution >= 4 is 11.9 Å². The van der Waals surface area contributed by atoms with Crippen molar-refractivity contribution in [2.75, 3.05) is 19.8 Å². The third-order valence-electron chi connectivity index (χ3n) is 6.62. The fourth-order valence-electron chi connectivity index (χ4n) is 3.23. The third kappa shape index (κ3) is 12.4. The van der Waals surface area contributed by atoms with Crippen LogP contribution in [0.25, 0.3) is 0 Å². The number of hydrogen-bond acceptors (Lipinski definition) is 9. The van der Waals surface area contributed by atoms with E-state index in [1.54, 1.807) is 9.47 Å². The van der Waals surface area contributed by atoms with Crippen molar-refractivity contribution in [2.24, 2.45) is 0 Å². The second-order valence-electron chi connectivity index (χ2n) is 11.8. The first-order valence-corrected chi connectivity index (χ1v) is 15.0. The van der Waals surface area contributed by atoms with E-state index in [2.05, 4.69) is 14.2 Å². The third-order valence-corrected chi connectivity index (χ3v) is 6.62. The fraction of sp³-hybridized carbons (Fsp3) is 0.917. The lowest BCUT2D eigenvalue weighted by Gasteiger charge is -2.39. The van der Waals surface area contributed by atoms with Crippen molar-refractivity contribution in [1.82, 2.24) is 0 Å². The molecule has 5 unspecified atom stereocenters. The van der Waals surface area contributed by atoms with Gasteiger partial charge in [0.05, 0.1) is 19.3 Å². The summed E-state index contributed by atoms with van der Waals surface area (Å²) in [6.45, 7) is -5.56. The van der Waals surface area contributed by atoms with E-state index in [-0.39, 0.29) is 6.92 Å². The van der Waals surface area contributed by atoms with Gasteiger partial charge in [-0.1, -0.05) is 0 Å². The molecule has 0 amide bonds. The van der Waals surface area contributed by atoms with Crippen LogP contribution < -0.4 is 0 Å². The van der Waals surface area contributed by atoms with Crippen LogP contribution in [0.4, 0.5) is 149 Å². The molecule has 0 aliphatic heterocycles.